The first-order chi connectivity index (χ1) is 15.6. The Bertz CT molecular complexity index is 1080. The van der Waals surface area contributed by atoms with Gasteiger partial charge in [0.15, 0.2) is 11.5 Å². The molecule has 5 nitrogen and oxygen atoms in total. The molecule has 2 atom stereocenters. The van der Waals surface area contributed by atoms with Crippen LogP contribution >= 0.6 is 0 Å². The van der Waals surface area contributed by atoms with Crippen LogP contribution in [-0.2, 0) is 0 Å². The summed E-state index contributed by atoms with van der Waals surface area (Å²) in [6.07, 6.45) is 0.195. The van der Waals surface area contributed by atoms with Crippen molar-refractivity contribution in [2.45, 2.75) is 32.5 Å². The van der Waals surface area contributed by atoms with Crippen LogP contribution in [0, 0.1) is 5.82 Å². The van der Waals surface area contributed by atoms with E-state index < -0.39 is 0 Å². The molecular formula is C26H27FN2O3. The second-order valence-electron chi connectivity index (χ2n) is 7.54. The van der Waals surface area contributed by atoms with Crippen molar-refractivity contribution in [1.82, 2.24) is 5.32 Å². The largest absolute Gasteiger partial charge is 0.504 e. The zero-order valence-corrected chi connectivity index (χ0v) is 18.2. The lowest BCUT2D eigenvalue weighted by Gasteiger charge is -2.31. The fourth-order valence-corrected chi connectivity index (χ4v) is 3.90. The minimum atomic E-state index is -0.383. The van der Waals surface area contributed by atoms with E-state index in [0.717, 1.165) is 28.2 Å². The second-order valence-corrected chi connectivity index (χ2v) is 7.54. The summed E-state index contributed by atoms with van der Waals surface area (Å²) in [4.78, 5) is 4.92. The van der Waals surface area contributed by atoms with Gasteiger partial charge in [-0.1, -0.05) is 24.3 Å². The van der Waals surface area contributed by atoms with Crippen molar-refractivity contribution in [3.05, 3.63) is 89.2 Å². The summed E-state index contributed by atoms with van der Waals surface area (Å²) >= 11 is 0. The van der Waals surface area contributed by atoms with E-state index in [9.17, 15) is 9.50 Å². The van der Waals surface area contributed by atoms with Crippen molar-refractivity contribution in [2.75, 3.05) is 13.2 Å². The number of halogens is 1. The predicted octanol–water partition coefficient (Wildman–Crippen LogP) is 5.55. The lowest BCUT2D eigenvalue weighted by molar-refractivity contribution is 0.313. The average molecular weight is 435 g/mol. The number of rotatable bonds is 7. The number of ether oxygens (including phenoxy) is 2. The Morgan fingerprint density at radius 1 is 0.969 bits per heavy atom. The summed E-state index contributed by atoms with van der Waals surface area (Å²) in [5.41, 5.74) is 3.46. The molecule has 6 heteroatoms. The van der Waals surface area contributed by atoms with Gasteiger partial charge in [-0.25, -0.2) is 4.39 Å². The minimum absolute atomic E-state index is 0.123. The van der Waals surface area contributed by atoms with Gasteiger partial charge in [0.25, 0.3) is 0 Å². The number of hydrogen-bond donors (Lipinski definition) is 2. The molecule has 0 aliphatic carbocycles. The summed E-state index contributed by atoms with van der Waals surface area (Å²) in [6, 6.07) is 19.5. The predicted molar refractivity (Wildman–Crippen MR) is 123 cm³/mol. The molecule has 0 radical (unpaired) electrons. The van der Waals surface area contributed by atoms with Crippen LogP contribution in [0.5, 0.6) is 17.2 Å². The maximum Gasteiger partial charge on any atom is 0.162 e. The molecule has 0 saturated carbocycles. The van der Waals surface area contributed by atoms with Crippen LogP contribution < -0.4 is 14.8 Å². The number of phenols is 1. The van der Waals surface area contributed by atoms with E-state index >= 15 is 0 Å². The number of para-hydroxylation sites is 1. The van der Waals surface area contributed by atoms with Crippen molar-refractivity contribution < 1.29 is 19.0 Å². The minimum Gasteiger partial charge on any atom is -0.504 e. The Balaban J connectivity index is 1.71. The van der Waals surface area contributed by atoms with Crippen molar-refractivity contribution in [3.8, 4) is 17.2 Å². The molecule has 0 saturated heterocycles. The van der Waals surface area contributed by atoms with E-state index in [-0.39, 0.29) is 23.8 Å². The Morgan fingerprint density at radius 3 is 2.38 bits per heavy atom. The molecule has 2 N–H and O–H groups in total. The standard InChI is InChI=1S/C26H27FN2O3/c1-3-31-20-14-10-17(11-15-20)22-16-23(21-6-5-7-24(25(21)30)32-4-2)29-26(28-22)18-8-12-19(27)13-9-18/h5-15,23,26,29-30H,3-4,16H2,1-2H3/t23-,26+/m1/s1. The number of benzene rings is 3. The normalized spacial score (nSPS) is 18.2. The maximum atomic E-state index is 13.5. The van der Waals surface area contributed by atoms with Crippen molar-refractivity contribution >= 4 is 5.71 Å². The lowest BCUT2D eigenvalue weighted by atomic mass is 9.93. The van der Waals surface area contributed by atoms with Gasteiger partial charge in [-0.15, -0.1) is 0 Å². The van der Waals surface area contributed by atoms with Crippen molar-refractivity contribution in [1.29, 1.82) is 0 Å². The summed E-state index contributed by atoms with van der Waals surface area (Å²) in [7, 11) is 0. The zero-order chi connectivity index (χ0) is 22.5. The van der Waals surface area contributed by atoms with Gasteiger partial charge in [-0.3, -0.25) is 10.3 Å². The topological polar surface area (TPSA) is 63.1 Å². The smallest absolute Gasteiger partial charge is 0.162 e. The molecular weight excluding hydrogens is 407 g/mol. The first-order valence-electron chi connectivity index (χ1n) is 10.8. The van der Waals surface area contributed by atoms with Gasteiger partial charge >= 0.3 is 0 Å². The molecule has 0 aromatic heterocycles. The third-order valence-corrected chi connectivity index (χ3v) is 5.43. The molecule has 3 aromatic rings. The van der Waals surface area contributed by atoms with Crippen LogP contribution in [0.3, 0.4) is 0 Å². The molecule has 3 aromatic carbocycles. The van der Waals surface area contributed by atoms with Gasteiger partial charge in [-0.05, 0) is 67.4 Å². The van der Waals surface area contributed by atoms with Gasteiger partial charge in [0.05, 0.1) is 13.2 Å². The molecule has 1 heterocycles. The molecule has 0 amide bonds. The van der Waals surface area contributed by atoms with Crippen LogP contribution in [-0.4, -0.2) is 24.0 Å². The van der Waals surface area contributed by atoms with Crippen LogP contribution in [0.15, 0.2) is 71.7 Å². The SMILES string of the molecule is CCOc1ccc(C2=N[C@H](c3ccc(F)cc3)N[C@@H](c3cccc(OCC)c3O)C2)cc1. The second kappa shape index (κ2) is 9.83. The van der Waals surface area contributed by atoms with E-state index in [4.69, 9.17) is 14.5 Å². The molecule has 0 unspecified atom stereocenters. The van der Waals surface area contributed by atoms with Crippen LogP contribution in [0.4, 0.5) is 4.39 Å². The number of nitrogens with zero attached hydrogens (tertiary/aromatic N) is 1. The zero-order valence-electron chi connectivity index (χ0n) is 18.2. The van der Waals surface area contributed by atoms with Gasteiger partial charge in [0, 0.05) is 23.7 Å². The van der Waals surface area contributed by atoms with Crippen LogP contribution in [0.1, 0.15) is 49.2 Å². The Hall–Kier alpha value is -3.38. The number of aromatic hydroxyl groups is 1. The number of hydrogen-bond acceptors (Lipinski definition) is 5. The van der Waals surface area contributed by atoms with Gasteiger partial charge < -0.3 is 14.6 Å². The van der Waals surface area contributed by atoms with Gasteiger partial charge in [0.1, 0.15) is 17.7 Å². The molecule has 1 aliphatic rings. The summed E-state index contributed by atoms with van der Waals surface area (Å²) in [5.74, 6) is 1.09. The van der Waals surface area contributed by atoms with Crippen LogP contribution in [0.25, 0.3) is 0 Å². The van der Waals surface area contributed by atoms with E-state index in [1.807, 2.05) is 50.2 Å². The highest BCUT2D eigenvalue weighted by molar-refractivity contribution is 6.01. The number of aliphatic imine (C=N–C) groups is 1. The third kappa shape index (κ3) is 4.75. The monoisotopic (exact) mass is 434 g/mol. The van der Waals surface area contributed by atoms with E-state index in [2.05, 4.69) is 5.32 Å². The van der Waals surface area contributed by atoms with Crippen molar-refractivity contribution in [3.63, 3.8) is 0 Å². The number of phenolic OH excluding ortho intramolecular Hbond substituents is 1. The fraction of sp³-hybridized carbons (Fsp3) is 0.269. The molecule has 4 rings (SSSR count). The third-order valence-electron chi connectivity index (χ3n) is 5.43. The van der Waals surface area contributed by atoms with E-state index in [0.29, 0.717) is 25.4 Å². The highest BCUT2D eigenvalue weighted by atomic mass is 19.1. The summed E-state index contributed by atoms with van der Waals surface area (Å²) in [5, 5.41) is 14.3. The first-order valence-corrected chi connectivity index (χ1v) is 10.8. The molecule has 166 valence electrons. The number of nitrogens with one attached hydrogen (secondary N) is 1. The molecule has 0 spiro atoms. The quantitative estimate of drug-likeness (QED) is 0.512. The lowest BCUT2D eigenvalue weighted by Crippen LogP contribution is -2.33. The Kier molecular flexibility index (Phi) is 6.71. The average Bonchev–Trinajstić information content (AvgIpc) is 2.81. The molecule has 32 heavy (non-hydrogen) atoms. The summed E-state index contributed by atoms with van der Waals surface area (Å²) < 4.78 is 24.6. The van der Waals surface area contributed by atoms with E-state index in [1.54, 1.807) is 18.2 Å². The Morgan fingerprint density at radius 2 is 1.69 bits per heavy atom. The van der Waals surface area contributed by atoms with Crippen LogP contribution in [0.2, 0.25) is 0 Å². The van der Waals surface area contributed by atoms with E-state index in [1.165, 1.54) is 12.1 Å². The van der Waals surface area contributed by atoms with Crippen molar-refractivity contribution in [2.24, 2.45) is 4.99 Å². The molecule has 0 bridgehead atoms. The van der Waals surface area contributed by atoms with Gasteiger partial charge in [-0.2, -0.15) is 0 Å². The van der Waals surface area contributed by atoms with Gasteiger partial charge in [0.2, 0.25) is 0 Å². The molecule has 0 fully saturated rings. The highest BCUT2D eigenvalue weighted by Gasteiger charge is 2.28. The highest BCUT2D eigenvalue weighted by Crippen LogP contribution is 2.39. The Labute approximate surface area is 187 Å². The molecule has 1 aliphatic heterocycles. The maximum absolute atomic E-state index is 13.5. The first kappa shape index (κ1) is 21.8. The fourth-order valence-electron chi connectivity index (χ4n) is 3.90. The summed E-state index contributed by atoms with van der Waals surface area (Å²) in [6.45, 7) is 4.90.